The van der Waals surface area contributed by atoms with E-state index in [1.165, 1.54) is 0 Å². The van der Waals surface area contributed by atoms with Crippen LogP contribution in [0.4, 0.5) is 0 Å². The Morgan fingerprint density at radius 1 is 1.44 bits per heavy atom. The van der Waals surface area contributed by atoms with E-state index in [-0.39, 0.29) is 5.03 Å². The molecule has 1 saturated heterocycles. The minimum atomic E-state index is -1.12. The first-order valence-electron chi connectivity index (χ1n) is 5.14. The number of nitrogens with one attached hydrogen (secondary N) is 2. The highest BCUT2D eigenvalue weighted by Gasteiger charge is 2.28. The molecule has 2 unspecified atom stereocenters. The standard InChI is InChI=1S/C9H14ClN3O3/c10-7-5(11-9(16)12-8(7)15)4-13-3-1-2-6(13)14/h6,9,11,14,16H,1-4H2,(H,12,15). The maximum atomic E-state index is 11.3. The first-order chi connectivity index (χ1) is 7.58. The van der Waals surface area contributed by atoms with Crippen LogP contribution in [0, 0.1) is 0 Å². The van der Waals surface area contributed by atoms with Gasteiger partial charge in [-0.25, -0.2) is 0 Å². The summed E-state index contributed by atoms with van der Waals surface area (Å²) >= 11 is 5.81. The molecule has 4 N–H and O–H groups in total. The van der Waals surface area contributed by atoms with Gasteiger partial charge in [0, 0.05) is 13.1 Å². The fourth-order valence-corrected chi connectivity index (χ4v) is 2.07. The molecule has 0 spiro atoms. The van der Waals surface area contributed by atoms with Gasteiger partial charge in [-0.05, 0) is 12.8 Å². The minimum Gasteiger partial charge on any atom is -0.378 e. The Morgan fingerprint density at radius 3 is 2.81 bits per heavy atom. The van der Waals surface area contributed by atoms with Gasteiger partial charge < -0.3 is 20.8 Å². The normalized spacial score (nSPS) is 31.6. The highest BCUT2D eigenvalue weighted by atomic mass is 35.5. The molecule has 2 rings (SSSR count). The minimum absolute atomic E-state index is 0.0319. The van der Waals surface area contributed by atoms with E-state index in [2.05, 4.69) is 10.6 Å². The predicted octanol–water partition coefficient (Wildman–Crippen LogP) is -1.15. The van der Waals surface area contributed by atoms with Crippen LogP contribution in [0.15, 0.2) is 10.7 Å². The lowest BCUT2D eigenvalue weighted by Gasteiger charge is -2.28. The van der Waals surface area contributed by atoms with E-state index in [9.17, 15) is 15.0 Å². The Kier molecular flexibility index (Phi) is 3.34. The van der Waals surface area contributed by atoms with Gasteiger partial charge in [-0.1, -0.05) is 11.6 Å². The Balaban J connectivity index is 2.07. The topological polar surface area (TPSA) is 84.8 Å². The van der Waals surface area contributed by atoms with Gasteiger partial charge in [-0.15, -0.1) is 0 Å². The maximum Gasteiger partial charge on any atom is 0.268 e. The number of hydrogen-bond acceptors (Lipinski definition) is 5. The number of amides is 1. The van der Waals surface area contributed by atoms with Gasteiger partial charge in [0.15, 0.2) is 0 Å². The highest BCUT2D eigenvalue weighted by Crippen LogP contribution is 2.19. The van der Waals surface area contributed by atoms with Crippen molar-refractivity contribution in [1.82, 2.24) is 15.5 Å². The van der Waals surface area contributed by atoms with Gasteiger partial charge >= 0.3 is 0 Å². The van der Waals surface area contributed by atoms with Crippen LogP contribution < -0.4 is 10.6 Å². The molecule has 0 saturated carbocycles. The number of hydrogen-bond donors (Lipinski definition) is 4. The summed E-state index contributed by atoms with van der Waals surface area (Å²) in [5.74, 6) is -0.503. The fourth-order valence-electron chi connectivity index (χ4n) is 1.90. The average Bonchev–Trinajstić information content (AvgIpc) is 2.60. The van der Waals surface area contributed by atoms with Crippen LogP contribution in [-0.4, -0.2) is 46.7 Å². The third-order valence-electron chi connectivity index (χ3n) is 2.73. The second-order valence-corrected chi connectivity index (χ2v) is 4.28. The Labute approximate surface area is 97.9 Å². The number of aliphatic hydroxyl groups is 2. The zero-order chi connectivity index (χ0) is 11.7. The molecule has 1 amide bonds. The first-order valence-corrected chi connectivity index (χ1v) is 5.52. The van der Waals surface area contributed by atoms with Crippen LogP contribution in [-0.2, 0) is 4.79 Å². The van der Waals surface area contributed by atoms with Gasteiger partial charge in [-0.3, -0.25) is 9.69 Å². The van der Waals surface area contributed by atoms with Crippen molar-refractivity contribution < 1.29 is 15.0 Å². The third-order valence-corrected chi connectivity index (χ3v) is 3.13. The number of rotatable bonds is 2. The summed E-state index contributed by atoms with van der Waals surface area (Å²) in [6.45, 7) is 1.10. The van der Waals surface area contributed by atoms with Gasteiger partial charge in [-0.2, -0.15) is 0 Å². The van der Waals surface area contributed by atoms with E-state index in [0.717, 1.165) is 19.4 Å². The molecule has 0 aromatic carbocycles. The van der Waals surface area contributed by atoms with Crippen LogP contribution >= 0.6 is 11.6 Å². The average molecular weight is 248 g/mol. The summed E-state index contributed by atoms with van der Waals surface area (Å²) in [6.07, 6.45) is 0.0196. The molecule has 0 aliphatic carbocycles. The second-order valence-electron chi connectivity index (χ2n) is 3.91. The van der Waals surface area contributed by atoms with E-state index in [4.69, 9.17) is 11.6 Å². The van der Waals surface area contributed by atoms with E-state index in [0.29, 0.717) is 12.2 Å². The largest absolute Gasteiger partial charge is 0.378 e. The molecule has 2 aliphatic heterocycles. The quantitative estimate of drug-likeness (QED) is 0.495. The lowest BCUT2D eigenvalue weighted by atomic mass is 10.3. The molecule has 6 nitrogen and oxygen atoms in total. The van der Waals surface area contributed by atoms with Crippen LogP contribution in [0.1, 0.15) is 12.8 Å². The molecule has 1 fully saturated rings. The molecule has 0 aromatic rings. The summed E-state index contributed by atoms with van der Waals surface area (Å²) in [5.41, 5.74) is 0.443. The second kappa shape index (κ2) is 4.58. The Bertz CT molecular complexity index is 334. The SMILES string of the molecule is O=C1NC(O)NC(CN2CCCC2O)=C1Cl. The van der Waals surface area contributed by atoms with Crippen LogP contribution in [0.3, 0.4) is 0 Å². The number of carbonyl (C=O) groups excluding carboxylic acids is 1. The van der Waals surface area contributed by atoms with Crippen LogP contribution in [0.25, 0.3) is 0 Å². The van der Waals surface area contributed by atoms with Crippen molar-refractivity contribution in [3.05, 3.63) is 10.7 Å². The highest BCUT2D eigenvalue weighted by molar-refractivity contribution is 6.42. The molecule has 2 atom stereocenters. The maximum absolute atomic E-state index is 11.3. The summed E-state index contributed by atoms with van der Waals surface area (Å²) in [5, 5.41) is 23.8. The van der Waals surface area contributed by atoms with Crippen molar-refractivity contribution >= 4 is 17.5 Å². The summed E-state index contributed by atoms with van der Waals surface area (Å²) in [6, 6.07) is 0. The van der Waals surface area contributed by atoms with Crippen molar-refractivity contribution in [3.63, 3.8) is 0 Å². The number of carbonyl (C=O) groups is 1. The van der Waals surface area contributed by atoms with Crippen molar-refractivity contribution in [1.29, 1.82) is 0 Å². The van der Waals surface area contributed by atoms with Gasteiger partial charge in [0.2, 0.25) is 6.35 Å². The molecule has 2 aliphatic rings. The molecule has 0 aromatic heterocycles. The lowest BCUT2D eigenvalue weighted by Crippen LogP contribution is -2.51. The summed E-state index contributed by atoms with van der Waals surface area (Å²) in [4.78, 5) is 13.1. The van der Waals surface area contributed by atoms with E-state index < -0.39 is 18.5 Å². The molecular weight excluding hydrogens is 234 g/mol. The zero-order valence-corrected chi connectivity index (χ0v) is 9.37. The van der Waals surface area contributed by atoms with E-state index in [1.54, 1.807) is 4.90 Å². The zero-order valence-electron chi connectivity index (χ0n) is 8.61. The number of aliphatic hydroxyl groups excluding tert-OH is 2. The monoisotopic (exact) mass is 247 g/mol. The molecule has 2 heterocycles. The molecule has 16 heavy (non-hydrogen) atoms. The van der Waals surface area contributed by atoms with Gasteiger partial charge in [0.25, 0.3) is 5.91 Å². The van der Waals surface area contributed by atoms with Gasteiger partial charge in [0.05, 0.1) is 5.70 Å². The fraction of sp³-hybridized carbons (Fsp3) is 0.667. The number of halogens is 1. The Hall–Kier alpha value is -0.820. The molecule has 0 bridgehead atoms. The number of nitrogens with zero attached hydrogens (tertiary/aromatic N) is 1. The van der Waals surface area contributed by atoms with E-state index >= 15 is 0 Å². The van der Waals surface area contributed by atoms with Crippen LogP contribution in [0.5, 0.6) is 0 Å². The first kappa shape index (κ1) is 11.7. The molecule has 0 radical (unpaired) electrons. The van der Waals surface area contributed by atoms with Crippen LogP contribution in [0.2, 0.25) is 0 Å². The molecular formula is C9H14ClN3O3. The summed E-state index contributed by atoms with van der Waals surface area (Å²) < 4.78 is 0. The van der Waals surface area contributed by atoms with Gasteiger partial charge in [0.1, 0.15) is 11.3 Å². The van der Waals surface area contributed by atoms with Crippen molar-refractivity contribution in [2.45, 2.75) is 25.4 Å². The predicted molar refractivity (Wildman–Crippen MR) is 57.0 cm³/mol. The van der Waals surface area contributed by atoms with Crippen molar-refractivity contribution in [2.24, 2.45) is 0 Å². The Morgan fingerprint density at radius 2 is 2.19 bits per heavy atom. The van der Waals surface area contributed by atoms with Crippen molar-refractivity contribution in [2.75, 3.05) is 13.1 Å². The molecule has 7 heteroatoms. The van der Waals surface area contributed by atoms with E-state index in [1.807, 2.05) is 0 Å². The van der Waals surface area contributed by atoms with Crippen molar-refractivity contribution in [3.8, 4) is 0 Å². The smallest absolute Gasteiger partial charge is 0.268 e. The number of likely N-dealkylation sites (tertiary alicyclic amines) is 1. The summed E-state index contributed by atoms with van der Waals surface area (Å²) in [7, 11) is 0. The lowest BCUT2D eigenvalue weighted by molar-refractivity contribution is -0.121. The molecule has 90 valence electrons. The third kappa shape index (κ3) is 2.30.